The molecule has 0 spiro atoms. The molecular formula is C12H14N3O4P. The van der Waals surface area contributed by atoms with Crippen molar-refractivity contribution in [1.82, 2.24) is 10.2 Å². The Balaban J connectivity index is 2.73. The summed E-state index contributed by atoms with van der Waals surface area (Å²) in [6.07, 6.45) is 0. The Kier molecular flexibility index (Phi) is 4.04. The first-order chi connectivity index (χ1) is 9.53. The fourth-order valence-corrected chi connectivity index (χ4v) is 3.04. The summed E-state index contributed by atoms with van der Waals surface area (Å²) in [6.45, 7) is 0. The molecule has 0 fully saturated rings. The van der Waals surface area contributed by atoms with Crippen LogP contribution in [0.25, 0.3) is 11.1 Å². The number of nitrogens with one attached hydrogen (secondary N) is 1. The molecule has 20 heavy (non-hydrogen) atoms. The van der Waals surface area contributed by atoms with Gasteiger partial charge >= 0.3 is 7.60 Å². The number of primary amides is 1. The van der Waals surface area contributed by atoms with Gasteiger partial charge in [-0.1, -0.05) is 30.3 Å². The molecular weight excluding hydrogens is 281 g/mol. The first-order valence-corrected chi connectivity index (χ1v) is 7.23. The monoisotopic (exact) mass is 295 g/mol. The second-order valence-corrected chi connectivity index (χ2v) is 6.06. The molecule has 2 rings (SSSR count). The third kappa shape index (κ3) is 2.38. The summed E-state index contributed by atoms with van der Waals surface area (Å²) in [7, 11) is -1.07. The molecule has 3 N–H and O–H groups in total. The molecule has 0 saturated heterocycles. The molecule has 1 aromatic heterocycles. The van der Waals surface area contributed by atoms with E-state index in [1.165, 1.54) is 14.2 Å². The largest absolute Gasteiger partial charge is 0.379 e. The standard InChI is InChI=1S/C12H14N3O4P/c1-18-20(17,19-2)12-9(8-6-4-3-5-7-8)10(11(13)16)14-15-12/h3-7H,1-2H3,(H2,13,16)(H,14,15). The van der Waals surface area contributed by atoms with Crippen LogP contribution in [0.2, 0.25) is 0 Å². The number of amides is 1. The molecule has 0 bridgehead atoms. The summed E-state index contributed by atoms with van der Waals surface area (Å²) in [5, 5.41) is 6.35. The number of benzene rings is 1. The van der Waals surface area contributed by atoms with Gasteiger partial charge in [-0.15, -0.1) is 0 Å². The normalized spacial score (nSPS) is 11.5. The third-order valence-corrected chi connectivity index (χ3v) is 4.63. The maximum Gasteiger partial charge on any atom is 0.379 e. The third-order valence-electron chi connectivity index (χ3n) is 2.80. The summed E-state index contributed by atoms with van der Waals surface area (Å²) in [5.74, 6) is -0.731. The predicted octanol–water partition coefficient (Wildman–Crippen LogP) is 1.29. The molecule has 0 aliphatic carbocycles. The van der Waals surface area contributed by atoms with Gasteiger partial charge in [-0.05, 0) is 5.56 Å². The van der Waals surface area contributed by atoms with E-state index in [9.17, 15) is 9.36 Å². The van der Waals surface area contributed by atoms with E-state index >= 15 is 0 Å². The molecule has 0 saturated carbocycles. The van der Waals surface area contributed by atoms with Gasteiger partial charge in [0.05, 0.1) is 0 Å². The van der Waals surface area contributed by atoms with Crippen molar-refractivity contribution >= 4 is 18.9 Å². The summed E-state index contributed by atoms with van der Waals surface area (Å²) >= 11 is 0. The van der Waals surface area contributed by atoms with Gasteiger partial charge in [-0.25, -0.2) is 0 Å². The lowest BCUT2D eigenvalue weighted by atomic mass is 10.1. The number of hydrogen-bond acceptors (Lipinski definition) is 5. The zero-order valence-electron chi connectivity index (χ0n) is 11.0. The number of H-pyrrole nitrogens is 1. The minimum atomic E-state index is -3.58. The Labute approximate surface area is 115 Å². The van der Waals surface area contributed by atoms with E-state index in [1.54, 1.807) is 24.3 Å². The van der Waals surface area contributed by atoms with Crippen LogP contribution in [0.5, 0.6) is 0 Å². The Morgan fingerprint density at radius 1 is 1.25 bits per heavy atom. The van der Waals surface area contributed by atoms with Gasteiger partial charge in [0.1, 0.15) is 0 Å². The van der Waals surface area contributed by atoms with Crippen molar-refractivity contribution in [2.24, 2.45) is 5.73 Å². The lowest BCUT2D eigenvalue weighted by Crippen LogP contribution is -2.15. The van der Waals surface area contributed by atoms with E-state index < -0.39 is 13.5 Å². The number of aromatic amines is 1. The average Bonchev–Trinajstić information content (AvgIpc) is 2.93. The molecule has 1 heterocycles. The van der Waals surface area contributed by atoms with Gasteiger partial charge in [-0.3, -0.25) is 14.5 Å². The van der Waals surface area contributed by atoms with Gasteiger partial charge in [-0.2, -0.15) is 5.10 Å². The van der Waals surface area contributed by atoms with Crippen LogP contribution in [0.1, 0.15) is 10.5 Å². The molecule has 0 atom stereocenters. The van der Waals surface area contributed by atoms with Crippen molar-refractivity contribution in [3.8, 4) is 11.1 Å². The second-order valence-electron chi connectivity index (χ2n) is 3.89. The molecule has 7 nitrogen and oxygen atoms in total. The van der Waals surface area contributed by atoms with Crippen molar-refractivity contribution in [2.45, 2.75) is 0 Å². The van der Waals surface area contributed by atoms with Crippen LogP contribution >= 0.6 is 7.60 Å². The minimum Gasteiger partial charge on any atom is -0.364 e. The predicted molar refractivity (Wildman–Crippen MR) is 73.8 cm³/mol. The molecule has 1 amide bonds. The highest BCUT2D eigenvalue weighted by Crippen LogP contribution is 2.47. The molecule has 2 aromatic rings. The average molecular weight is 295 g/mol. The molecule has 0 aliphatic heterocycles. The summed E-state index contributed by atoms with van der Waals surface area (Å²) in [5.41, 5.74) is 6.35. The topological polar surface area (TPSA) is 107 Å². The van der Waals surface area contributed by atoms with Gasteiger partial charge in [0.25, 0.3) is 5.91 Å². The number of nitrogens with zero attached hydrogens (tertiary/aromatic N) is 1. The number of hydrogen-bond donors (Lipinski definition) is 2. The van der Waals surface area contributed by atoms with Crippen molar-refractivity contribution in [3.05, 3.63) is 36.0 Å². The number of nitrogens with two attached hydrogens (primary N) is 1. The number of carbonyl (C=O) groups excluding carboxylic acids is 1. The molecule has 0 unspecified atom stereocenters. The van der Waals surface area contributed by atoms with Crippen LogP contribution in [-0.2, 0) is 13.6 Å². The first-order valence-electron chi connectivity index (χ1n) is 5.69. The van der Waals surface area contributed by atoms with E-state index in [-0.39, 0.29) is 11.1 Å². The van der Waals surface area contributed by atoms with Crippen molar-refractivity contribution in [1.29, 1.82) is 0 Å². The Bertz CT molecular complexity index is 661. The molecule has 0 aliphatic rings. The zero-order valence-corrected chi connectivity index (χ0v) is 11.9. The van der Waals surface area contributed by atoms with E-state index in [1.807, 2.05) is 6.07 Å². The molecule has 106 valence electrons. The fourth-order valence-electron chi connectivity index (χ4n) is 1.84. The van der Waals surface area contributed by atoms with Gasteiger partial charge in [0.2, 0.25) is 0 Å². The Morgan fingerprint density at radius 3 is 2.35 bits per heavy atom. The minimum absolute atomic E-state index is 0.0134. The second kappa shape index (κ2) is 5.58. The first kappa shape index (κ1) is 14.5. The van der Waals surface area contributed by atoms with Gasteiger partial charge in [0, 0.05) is 19.8 Å². The van der Waals surface area contributed by atoms with Gasteiger partial charge < -0.3 is 14.8 Å². The quantitative estimate of drug-likeness (QED) is 0.808. The number of rotatable bonds is 5. The van der Waals surface area contributed by atoms with Crippen LogP contribution in [0.3, 0.4) is 0 Å². The maximum absolute atomic E-state index is 12.5. The molecule has 8 heteroatoms. The smallest absolute Gasteiger partial charge is 0.364 e. The summed E-state index contributed by atoms with van der Waals surface area (Å²) in [4.78, 5) is 11.5. The van der Waals surface area contributed by atoms with Crippen molar-refractivity contribution in [3.63, 3.8) is 0 Å². The highest BCUT2D eigenvalue weighted by Gasteiger charge is 2.34. The lowest BCUT2D eigenvalue weighted by Gasteiger charge is -2.13. The number of aromatic nitrogens is 2. The highest BCUT2D eigenvalue weighted by atomic mass is 31.2. The Morgan fingerprint density at radius 2 is 1.85 bits per heavy atom. The van der Waals surface area contributed by atoms with Crippen LogP contribution in [0.15, 0.2) is 30.3 Å². The van der Waals surface area contributed by atoms with Crippen molar-refractivity contribution < 1.29 is 18.4 Å². The molecule has 0 radical (unpaired) electrons. The zero-order chi connectivity index (χ0) is 14.8. The van der Waals surface area contributed by atoms with E-state index in [2.05, 4.69) is 10.2 Å². The van der Waals surface area contributed by atoms with Crippen LogP contribution in [0, 0.1) is 0 Å². The SMILES string of the molecule is COP(=O)(OC)c1[nH]nc(C(N)=O)c1-c1ccccc1. The highest BCUT2D eigenvalue weighted by molar-refractivity contribution is 7.62. The fraction of sp³-hybridized carbons (Fsp3) is 0.167. The summed E-state index contributed by atoms with van der Waals surface area (Å²) in [6, 6.07) is 8.87. The lowest BCUT2D eigenvalue weighted by molar-refractivity contribution is 0.0996. The van der Waals surface area contributed by atoms with Gasteiger partial charge in [0.15, 0.2) is 11.1 Å². The van der Waals surface area contributed by atoms with Crippen molar-refractivity contribution in [2.75, 3.05) is 14.2 Å². The van der Waals surface area contributed by atoms with E-state index in [0.29, 0.717) is 11.1 Å². The van der Waals surface area contributed by atoms with E-state index in [0.717, 1.165) is 0 Å². The van der Waals surface area contributed by atoms with E-state index in [4.69, 9.17) is 14.8 Å². The molecule has 1 aromatic carbocycles. The van der Waals surface area contributed by atoms with Crippen LogP contribution in [0.4, 0.5) is 0 Å². The maximum atomic E-state index is 12.5. The van der Waals surface area contributed by atoms with Crippen LogP contribution in [-0.4, -0.2) is 30.3 Å². The summed E-state index contributed by atoms with van der Waals surface area (Å²) < 4.78 is 22.4. The van der Waals surface area contributed by atoms with Crippen LogP contribution < -0.4 is 11.2 Å². The Hall–Kier alpha value is -1.95. The number of carbonyl (C=O) groups is 1.